The molecule has 0 spiro atoms. The summed E-state index contributed by atoms with van der Waals surface area (Å²) in [5, 5.41) is 2.33. The van der Waals surface area contributed by atoms with Crippen molar-refractivity contribution in [1.29, 1.82) is 0 Å². The molecule has 72 valence electrons. The van der Waals surface area contributed by atoms with Gasteiger partial charge in [-0.05, 0) is 19.9 Å². The molecule has 2 rings (SSSR count). The molecule has 1 aromatic heterocycles. The molecule has 1 heterocycles. The van der Waals surface area contributed by atoms with Crippen LogP contribution in [0.25, 0.3) is 21.5 Å². The molecule has 0 fully saturated rings. The smallest absolute Gasteiger partial charge is 0.144 e. The van der Waals surface area contributed by atoms with E-state index < -0.39 is 0 Å². The summed E-state index contributed by atoms with van der Waals surface area (Å²) in [6.07, 6.45) is 2.08. The van der Waals surface area contributed by atoms with E-state index in [1.165, 1.54) is 5.39 Å². The molecule has 1 aromatic carbocycles. The zero-order valence-electron chi connectivity index (χ0n) is 8.17. The van der Waals surface area contributed by atoms with E-state index in [1.54, 1.807) is 0 Å². The minimum absolute atomic E-state index is 0.925. The zero-order valence-corrected chi connectivity index (χ0v) is 9.76. The van der Waals surface area contributed by atoms with E-state index in [9.17, 15) is 0 Å². The molecule has 0 saturated carbocycles. The first-order valence-corrected chi connectivity index (χ1v) is 5.33. The third-order valence-electron chi connectivity index (χ3n) is 2.24. The van der Waals surface area contributed by atoms with Crippen LogP contribution in [0.15, 0.2) is 28.7 Å². The lowest BCUT2D eigenvalue weighted by molar-refractivity contribution is 0.574. The van der Waals surface area contributed by atoms with Crippen LogP contribution in [-0.4, -0.2) is 0 Å². The van der Waals surface area contributed by atoms with Crippen LogP contribution in [0.5, 0.6) is 0 Å². The highest BCUT2D eigenvalue weighted by atomic mass is 79.9. The molecule has 0 N–H and O–H groups in total. The monoisotopic (exact) mass is 250 g/mol. The van der Waals surface area contributed by atoms with E-state index >= 15 is 0 Å². The van der Waals surface area contributed by atoms with Crippen molar-refractivity contribution in [3.05, 3.63) is 34.9 Å². The molecule has 1 nitrogen and oxygen atoms in total. The topological polar surface area (TPSA) is 13.1 Å². The second kappa shape index (κ2) is 3.62. The Morgan fingerprint density at radius 3 is 2.71 bits per heavy atom. The number of benzene rings is 1. The Morgan fingerprint density at radius 1 is 1.36 bits per heavy atom. The van der Waals surface area contributed by atoms with Gasteiger partial charge in [0.1, 0.15) is 11.0 Å². The van der Waals surface area contributed by atoms with Gasteiger partial charge in [-0.3, -0.25) is 0 Å². The van der Waals surface area contributed by atoms with Crippen molar-refractivity contribution in [2.45, 2.75) is 13.8 Å². The summed E-state index contributed by atoms with van der Waals surface area (Å²) < 4.78 is 6.77. The highest BCUT2D eigenvalue weighted by Crippen LogP contribution is 2.09. The lowest BCUT2D eigenvalue weighted by Gasteiger charge is -1.82. The molecule has 0 saturated heterocycles. The fourth-order valence-electron chi connectivity index (χ4n) is 1.61. The van der Waals surface area contributed by atoms with Gasteiger partial charge in [-0.15, -0.1) is 0 Å². The quantitative estimate of drug-likeness (QED) is 0.701. The Balaban J connectivity index is 3.11. The molecule has 0 aliphatic heterocycles. The summed E-state index contributed by atoms with van der Waals surface area (Å²) in [5.74, 6) is 0. The Labute approximate surface area is 90.9 Å². The fourth-order valence-corrected chi connectivity index (χ4v) is 1.90. The van der Waals surface area contributed by atoms with Crippen molar-refractivity contribution >= 4 is 37.5 Å². The van der Waals surface area contributed by atoms with Gasteiger partial charge in [-0.1, -0.05) is 40.2 Å². The second-order valence-electron chi connectivity index (χ2n) is 3.16. The number of hydrogen-bond donors (Lipinski definition) is 0. The van der Waals surface area contributed by atoms with Gasteiger partial charge in [-0.2, -0.15) is 0 Å². The Bertz CT molecular complexity index is 574. The maximum absolute atomic E-state index is 5.74. The molecular formula is C12H11BrO. The van der Waals surface area contributed by atoms with Crippen molar-refractivity contribution in [2.24, 2.45) is 0 Å². The second-order valence-corrected chi connectivity index (χ2v) is 4.35. The summed E-state index contributed by atoms with van der Waals surface area (Å²) in [4.78, 5) is 0. The average molecular weight is 251 g/mol. The molecule has 2 aromatic rings. The van der Waals surface area contributed by atoms with Gasteiger partial charge in [0, 0.05) is 15.1 Å². The number of hydrogen-bond acceptors (Lipinski definition) is 1. The molecule has 2 heteroatoms. The summed E-state index contributed by atoms with van der Waals surface area (Å²) in [6.45, 7) is 4.02. The van der Waals surface area contributed by atoms with Crippen LogP contribution in [0.1, 0.15) is 13.8 Å². The Kier molecular flexibility index (Phi) is 2.46. The van der Waals surface area contributed by atoms with Crippen molar-refractivity contribution < 1.29 is 4.42 Å². The van der Waals surface area contributed by atoms with Gasteiger partial charge in [-0.25, -0.2) is 0 Å². The van der Waals surface area contributed by atoms with Crippen LogP contribution >= 0.6 is 15.9 Å². The summed E-state index contributed by atoms with van der Waals surface area (Å²) in [6, 6.07) is 8.08. The van der Waals surface area contributed by atoms with Gasteiger partial charge < -0.3 is 4.42 Å². The molecule has 0 bridgehead atoms. The number of furan rings is 1. The zero-order chi connectivity index (χ0) is 10.1. The molecule has 0 aliphatic rings. The maximum Gasteiger partial charge on any atom is 0.144 e. The van der Waals surface area contributed by atoms with E-state index in [4.69, 9.17) is 4.42 Å². The van der Waals surface area contributed by atoms with Crippen molar-refractivity contribution in [3.63, 3.8) is 0 Å². The third-order valence-corrected chi connectivity index (χ3v) is 2.60. The van der Waals surface area contributed by atoms with Gasteiger partial charge in [0.05, 0.1) is 0 Å². The van der Waals surface area contributed by atoms with Crippen LogP contribution in [-0.2, 0) is 0 Å². The minimum Gasteiger partial charge on any atom is -0.455 e. The van der Waals surface area contributed by atoms with Crippen molar-refractivity contribution in [2.75, 3.05) is 0 Å². The Hall–Kier alpha value is -1.02. The van der Waals surface area contributed by atoms with Crippen LogP contribution in [0.3, 0.4) is 0 Å². The highest BCUT2D eigenvalue weighted by molar-refractivity contribution is 9.14. The molecular weight excluding hydrogens is 240 g/mol. The number of rotatable bonds is 0. The largest absolute Gasteiger partial charge is 0.455 e. The first kappa shape index (κ1) is 9.53. The van der Waals surface area contributed by atoms with E-state index in [2.05, 4.69) is 28.1 Å². The van der Waals surface area contributed by atoms with Gasteiger partial charge in [0.15, 0.2) is 0 Å². The van der Waals surface area contributed by atoms with E-state index in [1.807, 2.05) is 32.0 Å². The summed E-state index contributed by atoms with van der Waals surface area (Å²) >= 11 is 3.46. The van der Waals surface area contributed by atoms with Crippen molar-refractivity contribution in [3.8, 4) is 0 Å². The highest BCUT2D eigenvalue weighted by Gasteiger charge is 2.01. The molecule has 0 unspecified atom stereocenters. The van der Waals surface area contributed by atoms with E-state index in [-0.39, 0.29) is 0 Å². The maximum atomic E-state index is 5.74. The van der Waals surface area contributed by atoms with Gasteiger partial charge in [0.25, 0.3) is 0 Å². The van der Waals surface area contributed by atoms with E-state index in [0.717, 1.165) is 20.7 Å². The average Bonchev–Trinajstić information content (AvgIpc) is 2.56. The van der Waals surface area contributed by atoms with Crippen LogP contribution in [0, 0.1) is 0 Å². The third kappa shape index (κ3) is 1.40. The SMILES string of the molecule is C/C=c1\c(=C(/C)Br)oc2ccccc12. The van der Waals surface area contributed by atoms with Gasteiger partial charge in [0.2, 0.25) is 0 Å². The number of para-hydroxylation sites is 1. The van der Waals surface area contributed by atoms with Crippen molar-refractivity contribution in [1.82, 2.24) is 0 Å². The number of halogens is 1. The minimum atomic E-state index is 0.925. The Morgan fingerprint density at radius 2 is 2.07 bits per heavy atom. The predicted molar refractivity (Wildman–Crippen MR) is 63.6 cm³/mol. The van der Waals surface area contributed by atoms with Crippen LogP contribution in [0.2, 0.25) is 0 Å². The standard InChI is InChI=1S/C12H11BrO/c1-3-9-10-6-4-5-7-11(10)14-12(9)8(2)13/h3-7H,1-2H3/b9-3-,12-8-. The van der Waals surface area contributed by atoms with Crippen LogP contribution in [0.4, 0.5) is 0 Å². The molecule has 14 heavy (non-hydrogen) atoms. The van der Waals surface area contributed by atoms with Crippen LogP contribution < -0.4 is 10.6 Å². The number of fused-ring (bicyclic) bond motifs is 1. The fraction of sp³-hybridized carbons (Fsp3) is 0.167. The molecule has 0 amide bonds. The molecule has 0 aliphatic carbocycles. The summed E-state index contributed by atoms with van der Waals surface area (Å²) in [5.41, 5.74) is 1.86. The first-order chi connectivity index (χ1) is 6.74. The lowest BCUT2D eigenvalue weighted by atomic mass is 10.2. The van der Waals surface area contributed by atoms with E-state index in [0.29, 0.717) is 0 Å². The molecule has 0 atom stereocenters. The normalized spacial score (nSPS) is 14.9. The predicted octanol–water partition coefficient (Wildman–Crippen LogP) is 2.76. The first-order valence-electron chi connectivity index (χ1n) is 4.54. The lowest BCUT2D eigenvalue weighted by Crippen LogP contribution is -2.20. The summed E-state index contributed by atoms with van der Waals surface area (Å²) in [7, 11) is 0. The molecule has 0 radical (unpaired) electrons. The van der Waals surface area contributed by atoms with Gasteiger partial charge >= 0.3 is 0 Å².